The number of hydrogen-bond donors (Lipinski definition) is 0. The zero-order valence-corrected chi connectivity index (χ0v) is 14.9. The molecular formula is C20H25N3O2. The molecule has 1 amide bonds. The van der Waals surface area contributed by atoms with E-state index in [1.807, 2.05) is 47.0 Å². The van der Waals surface area contributed by atoms with Crippen LogP contribution in [0.5, 0.6) is 5.75 Å². The second-order valence-corrected chi connectivity index (χ2v) is 7.19. The molecule has 2 atom stereocenters. The number of piperazine rings is 1. The van der Waals surface area contributed by atoms with Gasteiger partial charge in [-0.3, -0.25) is 9.69 Å². The van der Waals surface area contributed by atoms with Crippen LogP contribution in [0, 0.1) is 6.92 Å². The molecule has 2 saturated heterocycles. The minimum Gasteiger partial charge on any atom is -0.489 e. The summed E-state index contributed by atoms with van der Waals surface area (Å²) in [4.78, 5) is 17.2. The minimum atomic E-state index is 0.134. The van der Waals surface area contributed by atoms with E-state index in [4.69, 9.17) is 4.74 Å². The van der Waals surface area contributed by atoms with E-state index in [2.05, 4.69) is 24.0 Å². The van der Waals surface area contributed by atoms with Gasteiger partial charge in [-0.25, -0.2) is 0 Å². The highest BCUT2D eigenvalue weighted by Gasteiger charge is 2.38. The molecule has 4 rings (SSSR count). The van der Waals surface area contributed by atoms with Crippen molar-refractivity contribution in [1.82, 2.24) is 14.4 Å². The smallest absolute Gasteiger partial charge is 0.270 e. The van der Waals surface area contributed by atoms with E-state index in [0.29, 0.717) is 6.04 Å². The molecule has 2 aromatic rings. The van der Waals surface area contributed by atoms with Crippen molar-refractivity contribution in [2.75, 3.05) is 26.2 Å². The Hall–Kier alpha value is -2.27. The highest BCUT2D eigenvalue weighted by molar-refractivity contribution is 5.92. The second-order valence-electron chi connectivity index (χ2n) is 7.19. The monoisotopic (exact) mass is 339 g/mol. The van der Waals surface area contributed by atoms with Crippen LogP contribution in [-0.4, -0.2) is 58.6 Å². The fourth-order valence-corrected chi connectivity index (χ4v) is 3.92. The number of hydrogen-bond acceptors (Lipinski definition) is 3. The van der Waals surface area contributed by atoms with Crippen molar-refractivity contribution < 1.29 is 9.53 Å². The molecule has 0 aliphatic carbocycles. The molecule has 0 radical (unpaired) electrons. The molecule has 0 spiro atoms. The van der Waals surface area contributed by atoms with Crippen molar-refractivity contribution >= 4 is 5.91 Å². The van der Waals surface area contributed by atoms with Crippen LogP contribution in [0.15, 0.2) is 42.6 Å². The van der Waals surface area contributed by atoms with Crippen molar-refractivity contribution in [3.05, 3.63) is 53.9 Å². The van der Waals surface area contributed by atoms with E-state index in [1.54, 1.807) is 0 Å². The number of rotatable bonds is 3. The Labute approximate surface area is 148 Å². The summed E-state index contributed by atoms with van der Waals surface area (Å²) in [6.45, 7) is 5.53. The van der Waals surface area contributed by atoms with E-state index < -0.39 is 0 Å². The highest BCUT2D eigenvalue weighted by Crippen LogP contribution is 2.26. The molecular weight excluding hydrogens is 314 g/mol. The largest absolute Gasteiger partial charge is 0.489 e. The SMILES string of the molecule is Cc1ccc(O[C@@H]2C[C@H]3CN(C(=O)c4cccn4C)CCN3C2)cc1. The van der Waals surface area contributed by atoms with Gasteiger partial charge in [0.15, 0.2) is 0 Å². The molecule has 25 heavy (non-hydrogen) atoms. The average molecular weight is 339 g/mol. The molecule has 0 saturated carbocycles. The maximum absolute atomic E-state index is 12.7. The maximum atomic E-state index is 12.7. The van der Waals surface area contributed by atoms with Crippen molar-refractivity contribution in [3.8, 4) is 5.75 Å². The molecule has 5 nitrogen and oxygen atoms in total. The Balaban J connectivity index is 1.38. The fraction of sp³-hybridized carbons (Fsp3) is 0.450. The van der Waals surface area contributed by atoms with Crippen LogP contribution < -0.4 is 4.74 Å². The first kappa shape index (κ1) is 16.2. The van der Waals surface area contributed by atoms with Gasteiger partial charge in [0, 0.05) is 51.9 Å². The normalized spacial score (nSPS) is 23.5. The Morgan fingerprint density at radius 2 is 1.92 bits per heavy atom. The lowest BCUT2D eigenvalue weighted by Crippen LogP contribution is -2.52. The molecule has 132 valence electrons. The van der Waals surface area contributed by atoms with Crippen LogP contribution in [0.25, 0.3) is 0 Å². The number of amides is 1. The van der Waals surface area contributed by atoms with Gasteiger partial charge in [-0.05, 0) is 31.2 Å². The summed E-state index contributed by atoms with van der Waals surface area (Å²) in [7, 11) is 1.92. The Morgan fingerprint density at radius 1 is 1.12 bits per heavy atom. The Kier molecular flexibility index (Phi) is 4.25. The molecule has 2 aliphatic rings. The van der Waals surface area contributed by atoms with Gasteiger partial charge in [-0.1, -0.05) is 17.7 Å². The lowest BCUT2D eigenvalue weighted by molar-refractivity contribution is 0.0561. The van der Waals surface area contributed by atoms with Crippen molar-refractivity contribution in [3.63, 3.8) is 0 Å². The lowest BCUT2D eigenvalue weighted by atomic mass is 10.1. The Morgan fingerprint density at radius 3 is 2.64 bits per heavy atom. The molecule has 2 fully saturated rings. The van der Waals surface area contributed by atoms with Crippen molar-refractivity contribution in [2.24, 2.45) is 7.05 Å². The fourth-order valence-electron chi connectivity index (χ4n) is 3.92. The summed E-state index contributed by atoms with van der Waals surface area (Å²) in [6.07, 6.45) is 3.10. The summed E-state index contributed by atoms with van der Waals surface area (Å²) in [5.74, 6) is 1.07. The predicted octanol–water partition coefficient (Wildman–Crippen LogP) is 2.31. The van der Waals surface area contributed by atoms with Gasteiger partial charge in [0.05, 0.1) is 0 Å². The molecule has 0 bridgehead atoms. The molecule has 2 aliphatic heterocycles. The van der Waals surface area contributed by atoms with Gasteiger partial charge in [0.1, 0.15) is 17.5 Å². The first-order valence-electron chi connectivity index (χ1n) is 8.98. The van der Waals surface area contributed by atoms with Crippen LogP contribution >= 0.6 is 0 Å². The van der Waals surface area contributed by atoms with E-state index >= 15 is 0 Å². The van der Waals surface area contributed by atoms with E-state index in [0.717, 1.165) is 44.0 Å². The van der Waals surface area contributed by atoms with Crippen LogP contribution in [0.4, 0.5) is 0 Å². The van der Waals surface area contributed by atoms with E-state index in [1.165, 1.54) is 5.56 Å². The number of carbonyl (C=O) groups excluding carboxylic acids is 1. The molecule has 3 heterocycles. The standard InChI is InChI=1S/C20H25N3O2/c1-15-5-7-17(8-6-15)25-18-12-16-13-23(11-10-22(16)14-18)20(24)19-4-3-9-21(19)2/h3-9,16,18H,10-14H2,1-2H3/t16-,18+/m0/s1. The third-order valence-electron chi connectivity index (χ3n) is 5.35. The zero-order valence-electron chi connectivity index (χ0n) is 14.9. The first-order chi connectivity index (χ1) is 12.1. The number of aromatic nitrogens is 1. The second kappa shape index (κ2) is 6.56. The summed E-state index contributed by atoms with van der Waals surface area (Å²) in [6, 6.07) is 12.5. The number of fused-ring (bicyclic) bond motifs is 1. The van der Waals surface area contributed by atoms with Crippen LogP contribution in [-0.2, 0) is 7.05 Å². The third-order valence-corrected chi connectivity index (χ3v) is 5.35. The van der Waals surface area contributed by atoms with E-state index in [-0.39, 0.29) is 12.0 Å². The number of nitrogens with zero attached hydrogens (tertiary/aromatic N) is 3. The number of benzene rings is 1. The van der Waals surface area contributed by atoms with Crippen LogP contribution in [0.2, 0.25) is 0 Å². The molecule has 5 heteroatoms. The predicted molar refractivity (Wildman–Crippen MR) is 96.9 cm³/mol. The molecule has 1 aromatic carbocycles. The number of aryl methyl sites for hydroxylation is 2. The minimum absolute atomic E-state index is 0.134. The summed E-state index contributed by atoms with van der Waals surface area (Å²) in [5.41, 5.74) is 2.00. The molecule has 0 unspecified atom stereocenters. The van der Waals surface area contributed by atoms with Crippen molar-refractivity contribution in [2.45, 2.75) is 25.5 Å². The molecule has 1 aromatic heterocycles. The van der Waals surface area contributed by atoms with Gasteiger partial charge >= 0.3 is 0 Å². The highest BCUT2D eigenvalue weighted by atomic mass is 16.5. The maximum Gasteiger partial charge on any atom is 0.270 e. The van der Waals surface area contributed by atoms with Gasteiger partial charge in [-0.15, -0.1) is 0 Å². The first-order valence-corrected chi connectivity index (χ1v) is 8.98. The number of ether oxygens (including phenoxy) is 1. The summed E-state index contributed by atoms with van der Waals surface area (Å²) in [5, 5.41) is 0. The Bertz CT molecular complexity index is 753. The van der Waals surface area contributed by atoms with Gasteiger partial charge in [-0.2, -0.15) is 0 Å². The van der Waals surface area contributed by atoms with E-state index in [9.17, 15) is 4.79 Å². The number of carbonyl (C=O) groups is 1. The topological polar surface area (TPSA) is 37.7 Å². The molecule has 0 N–H and O–H groups in total. The van der Waals surface area contributed by atoms with Gasteiger partial charge < -0.3 is 14.2 Å². The third kappa shape index (κ3) is 3.29. The summed E-state index contributed by atoms with van der Waals surface area (Å²) < 4.78 is 8.06. The average Bonchev–Trinajstić information content (AvgIpc) is 3.21. The van der Waals surface area contributed by atoms with Crippen LogP contribution in [0.1, 0.15) is 22.5 Å². The quantitative estimate of drug-likeness (QED) is 0.861. The van der Waals surface area contributed by atoms with Gasteiger partial charge in [0.2, 0.25) is 0 Å². The van der Waals surface area contributed by atoms with Crippen LogP contribution in [0.3, 0.4) is 0 Å². The lowest BCUT2D eigenvalue weighted by Gasteiger charge is -2.37. The van der Waals surface area contributed by atoms with Gasteiger partial charge in [0.25, 0.3) is 5.91 Å². The summed E-state index contributed by atoms with van der Waals surface area (Å²) >= 11 is 0. The van der Waals surface area contributed by atoms with Crippen molar-refractivity contribution in [1.29, 1.82) is 0 Å². The zero-order chi connectivity index (χ0) is 17.4.